The molecule has 0 heterocycles. The molecule has 0 atom stereocenters. The van der Waals surface area contributed by atoms with Crippen LogP contribution >= 0.6 is 0 Å². The van der Waals surface area contributed by atoms with Crippen molar-refractivity contribution >= 4 is 5.91 Å². The molecule has 0 spiro atoms. The van der Waals surface area contributed by atoms with Crippen molar-refractivity contribution in [1.82, 2.24) is 10.6 Å². The van der Waals surface area contributed by atoms with Gasteiger partial charge in [0.25, 0.3) is 5.91 Å². The van der Waals surface area contributed by atoms with E-state index in [1.807, 2.05) is 0 Å². The molecule has 20 heavy (non-hydrogen) atoms. The highest BCUT2D eigenvalue weighted by Gasteiger charge is 2.19. The first kappa shape index (κ1) is 14.7. The average Bonchev–Trinajstić information content (AvgIpc) is 3.30. The molecule has 0 aromatic heterocycles. The van der Waals surface area contributed by atoms with Gasteiger partial charge < -0.3 is 20.1 Å². The molecular weight excluding hydrogens is 256 g/mol. The first-order valence-corrected chi connectivity index (χ1v) is 6.98. The molecule has 2 N–H and O–H groups in total. The summed E-state index contributed by atoms with van der Waals surface area (Å²) in [4.78, 5) is 12.1. The van der Waals surface area contributed by atoms with Crippen LogP contribution in [-0.4, -0.2) is 39.3 Å². The molecule has 1 amide bonds. The van der Waals surface area contributed by atoms with Crippen LogP contribution in [0.15, 0.2) is 18.2 Å². The van der Waals surface area contributed by atoms with Crippen molar-refractivity contribution in [2.24, 2.45) is 0 Å². The first-order chi connectivity index (χ1) is 9.74. The molecule has 1 aliphatic carbocycles. The van der Waals surface area contributed by atoms with E-state index < -0.39 is 0 Å². The van der Waals surface area contributed by atoms with Crippen LogP contribution in [0.2, 0.25) is 0 Å². The summed E-state index contributed by atoms with van der Waals surface area (Å²) in [5.74, 6) is 1.08. The Labute approximate surface area is 119 Å². The molecule has 0 bridgehead atoms. The molecule has 1 saturated carbocycles. The normalized spacial score (nSPS) is 13.9. The van der Waals surface area contributed by atoms with Crippen LogP contribution in [-0.2, 0) is 0 Å². The minimum absolute atomic E-state index is 0.115. The molecule has 110 valence electrons. The minimum Gasteiger partial charge on any atom is -0.497 e. The van der Waals surface area contributed by atoms with Crippen molar-refractivity contribution in [3.05, 3.63) is 23.8 Å². The van der Waals surface area contributed by atoms with E-state index in [4.69, 9.17) is 9.47 Å². The summed E-state index contributed by atoms with van der Waals surface area (Å²) in [5.41, 5.74) is 0.531. The third kappa shape index (κ3) is 4.13. The van der Waals surface area contributed by atoms with E-state index in [9.17, 15) is 4.79 Å². The van der Waals surface area contributed by atoms with E-state index in [2.05, 4.69) is 10.6 Å². The fraction of sp³-hybridized carbons (Fsp3) is 0.533. The predicted molar refractivity (Wildman–Crippen MR) is 77.5 cm³/mol. The number of rotatable bonds is 8. The number of carbonyl (C=O) groups is 1. The van der Waals surface area contributed by atoms with Gasteiger partial charge >= 0.3 is 0 Å². The summed E-state index contributed by atoms with van der Waals surface area (Å²) in [6.07, 6.45) is 3.51. The molecule has 1 aromatic carbocycles. The quantitative estimate of drug-likeness (QED) is 0.709. The minimum atomic E-state index is -0.115. The molecule has 2 rings (SSSR count). The predicted octanol–water partition coefficient (Wildman–Crippen LogP) is 1.58. The highest BCUT2D eigenvalue weighted by atomic mass is 16.5. The fourth-order valence-electron chi connectivity index (χ4n) is 1.97. The largest absolute Gasteiger partial charge is 0.497 e. The lowest BCUT2D eigenvalue weighted by molar-refractivity contribution is 0.0950. The van der Waals surface area contributed by atoms with Gasteiger partial charge in [0.1, 0.15) is 11.5 Å². The Morgan fingerprint density at radius 1 is 1.25 bits per heavy atom. The lowest BCUT2D eigenvalue weighted by Crippen LogP contribution is -2.28. The lowest BCUT2D eigenvalue weighted by Gasteiger charge is -2.11. The second-order valence-electron chi connectivity index (χ2n) is 4.90. The van der Waals surface area contributed by atoms with Crippen molar-refractivity contribution < 1.29 is 14.3 Å². The van der Waals surface area contributed by atoms with Gasteiger partial charge in [-0.3, -0.25) is 4.79 Å². The molecule has 1 fully saturated rings. The Morgan fingerprint density at radius 2 is 2.05 bits per heavy atom. The van der Waals surface area contributed by atoms with Gasteiger partial charge in [0, 0.05) is 18.7 Å². The molecular formula is C15H22N2O3. The third-order valence-electron chi connectivity index (χ3n) is 3.30. The van der Waals surface area contributed by atoms with Gasteiger partial charge in [-0.15, -0.1) is 0 Å². The highest BCUT2D eigenvalue weighted by molar-refractivity contribution is 5.97. The molecule has 0 radical (unpaired) electrons. The summed E-state index contributed by atoms with van der Waals surface area (Å²) < 4.78 is 10.3. The Morgan fingerprint density at radius 3 is 2.70 bits per heavy atom. The van der Waals surface area contributed by atoms with Crippen LogP contribution in [0.4, 0.5) is 0 Å². The molecule has 0 saturated heterocycles. The van der Waals surface area contributed by atoms with Crippen LogP contribution in [0.1, 0.15) is 29.6 Å². The summed E-state index contributed by atoms with van der Waals surface area (Å²) in [6, 6.07) is 5.90. The van der Waals surface area contributed by atoms with E-state index in [1.165, 1.54) is 12.8 Å². The van der Waals surface area contributed by atoms with Crippen LogP contribution < -0.4 is 20.1 Å². The maximum Gasteiger partial charge on any atom is 0.255 e. The first-order valence-electron chi connectivity index (χ1n) is 6.98. The zero-order chi connectivity index (χ0) is 14.4. The topological polar surface area (TPSA) is 59.6 Å². The zero-order valence-corrected chi connectivity index (χ0v) is 12.1. The van der Waals surface area contributed by atoms with Gasteiger partial charge in [-0.1, -0.05) is 0 Å². The maximum atomic E-state index is 12.1. The number of hydrogen-bond acceptors (Lipinski definition) is 4. The van der Waals surface area contributed by atoms with Crippen molar-refractivity contribution in [2.75, 3.05) is 27.3 Å². The maximum absolute atomic E-state index is 12.1. The van der Waals surface area contributed by atoms with E-state index in [0.717, 1.165) is 13.0 Å². The van der Waals surface area contributed by atoms with Crippen LogP contribution in [0.25, 0.3) is 0 Å². The third-order valence-corrected chi connectivity index (χ3v) is 3.30. The van der Waals surface area contributed by atoms with Crippen LogP contribution in [0.5, 0.6) is 11.5 Å². The molecule has 0 aliphatic heterocycles. The highest BCUT2D eigenvalue weighted by Crippen LogP contribution is 2.24. The van der Waals surface area contributed by atoms with Crippen molar-refractivity contribution in [3.8, 4) is 11.5 Å². The molecule has 5 nitrogen and oxygen atoms in total. The van der Waals surface area contributed by atoms with E-state index in [1.54, 1.807) is 32.4 Å². The molecule has 0 unspecified atom stereocenters. The van der Waals surface area contributed by atoms with E-state index in [-0.39, 0.29) is 5.91 Å². The molecule has 1 aromatic rings. The fourth-order valence-corrected chi connectivity index (χ4v) is 1.97. The van der Waals surface area contributed by atoms with Gasteiger partial charge in [-0.25, -0.2) is 0 Å². The summed E-state index contributed by atoms with van der Waals surface area (Å²) >= 11 is 0. The second kappa shape index (κ2) is 7.14. The van der Waals surface area contributed by atoms with Gasteiger partial charge in [-0.05, 0) is 37.9 Å². The summed E-state index contributed by atoms with van der Waals surface area (Å²) in [6.45, 7) is 1.61. The molecule has 5 heteroatoms. The smallest absolute Gasteiger partial charge is 0.255 e. The van der Waals surface area contributed by atoms with Crippen molar-refractivity contribution in [1.29, 1.82) is 0 Å². The average molecular weight is 278 g/mol. The Kier molecular flexibility index (Phi) is 5.24. The number of nitrogens with one attached hydrogen (secondary N) is 2. The Hall–Kier alpha value is -1.75. The SMILES string of the molecule is COc1ccc(C(=O)NCCCNC2CC2)c(OC)c1. The number of ether oxygens (including phenoxy) is 2. The Bertz CT molecular complexity index is 458. The lowest BCUT2D eigenvalue weighted by atomic mass is 10.1. The monoisotopic (exact) mass is 278 g/mol. The van der Waals surface area contributed by atoms with Gasteiger partial charge in [0.2, 0.25) is 0 Å². The zero-order valence-electron chi connectivity index (χ0n) is 12.1. The number of benzene rings is 1. The van der Waals surface area contributed by atoms with Gasteiger partial charge in [0.15, 0.2) is 0 Å². The molecule has 1 aliphatic rings. The summed E-state index contributed by atoms with van der Waals surface area (Å²) in [5, 5.41) is 6.32. The number of carbonyl (C=O) groups excluding carboxylic acids is 1. The number of methoxy groups -OCH3 is 2. The van der Waals surface area contributed by atoms with E-state index in [0.29, 0.717) is 29.6 Å². The number of hydrogen-bond donors (Lipinski definition) is 2. The Balaban J connectivity index is 1.81. The van der Waals surface area contributed by atoms with Gasteiger partial charge in [-0.2, -0.15) is 0 Å². The number of amides is 1. The van der Waals surface area contributed by atoms with Crippen LogP contribution in [0, 0.1) is 0 Å². The van der Waals surface area contributed by atoms with Crippen LogP contribution in [0.3, 0.4) is 0 Å². The second-order valence-corrected chi connectivity index (χ2v) is 4.90. The van der Waals surface area contributed by atoms with E-state index >= 15 is 0 Å². The van der Waals surface area contributed by atoms with Gasteiger partial charge in [0.05, 0.1) is 19.8 Å². The van der Waals surface area contributed by atoms with Crippen molar-refractivity contribution in [2.45, 2.75) is 25.3 Å². The standard InChI is InChI=1S/C15H22N2O3/c1-19-12-6-7-13(14(10-12)20-2)15(18)17-9-3-8-16-11-4-5-11/h6-7,10-11,16H,3-5,8-9H2,1-2H3,(H,17,18). The summed E-state index contributed by atoms with van der Waals surface area (Å²) in [7, 11) is 3.13. The van der Waals surface area contributed by atoms with Crippen molar-refractivity contribution in [3.63, 3.8) is 0 Å².